The van der Waals surface area contributed by atoms with Crippen LogP contribution in [0.25, 0.3) is 0 Å². The van der Waals surface area contributed by atoms with Crippen LogP contribution in [-0.4, -0.2) is 25.5 Å². The number of methoxy groups -OCH3 is 1. The van der Waals surface area contributed by atoms with E-state index in [1.54, 1.807) is 12.6 Å². The second-order valence-electron chi connectivity index (χ2n) is 8.15. The average Bonchev–Trinajstić information content (AvgIpc) is 3.11. The largest absolute Gasteiger partial charge is 0.543 e. The number of hydrogen-bond donors (Lipinski definition) is 1. The van der Waals surface area contributed by atoms with E-state index in [2.05, 4.69) is 46.5 Å². The van der Waals surface area contributed by atoms with Gasteiger partial charge >= 0.3 is 0 Å². The topological polar surface area (TPSA) is 51.6 Å². The van der Waals surface area contributed by atoms with E-state index in [1.165, 1.54) is 11.3 Å². The third-order valence-corrected chi connectivity index (χ3v) is 12.4. The van der Waals surface area contributed by atoms with Gasteiger partial charge in [0.2, 0.25) is 0 Å². The molecule has 1 atom stereocenters. The molecule has 1 heterocycles. The molecule has 2 aromatic rings. The summed E-state index contributed by atoms with van der Waals surface area (Å²) in [6, 6.07) is 3.70. The number of aromatic nitrogens is 1. The maximum atomic E-state index is 10.9. The number of aliphatic hydroxyl groups excluding tert-OH is 1. The van der Waals surface area contributed by atoms with E-state index in [9.17, 15) is 5.11 Å². The molecule has 1 N–H and O–H groups in total. The van der Waals surface area contributed by atoms with Crippen LogP contribution < -0.4 is 9.16 Å². The zero-order chi connectivity index (χ0) is 21.1. The minimum atomic E-state index is -2.13. The number of aliphatic hydroxyl groups is 1. The number of thiazole rings is 1. The Morgan fingerprint density at radius 3 is 2.18 bits per heavy atom. The summed E-state index contributed by atoms with van der Waals surface area (Å²) in [7, 11) is -0.566. The first-order valence-electron chi connectivity index (χ1n) is 9.74. The minimum Gasteiger partial charge on any atom is -0.543 e. The fourth-order valence-corrected chi connectivity index (χ4v) is 10.4. The van der Waals surface area contributed by atoms with Gasteiger partial charge in [-0.2, -0.15) is 0 Å². The molecule has 0 aliphatic carbocycles. The summed E-state index contributed by atoms with van der Waals surface area (Å²) in [5.74, 6) is 1.20. The number of ether oxygens (including phenoxy) is 1. The van der Waals surface area contributed by atoms with Crippen molar-refractivity contribution in [2.45, 2.75) is 70.7 Å². The van der Waals surface area contributed by atoms with Crippen molar-refractivity contribution in [1.29, 1.82) is 0 Å². The van der Waals surface area contributed by atoms with Crippen molar-refractivity contribution in [3.63, 3.8) is 0 Å². The van der Waals surface area contributed by atoms with Gasteiger partial charge in [0.05, 0.1) is 29.4 Å². The quantitative estimate of drug-likeness (QED) is 0.443. The number of benzene rings is 1. The molecule has 0 aliphatic rings. The lowest BCUT2D eigenvalue weighted by Gasteiger charge is -2.42. The van der Waals surface area contributed by atoms with Crippen LogP contribution in [0.5, 0.6) is 11.5 Å². The predicted octanol–water partition coefficient (Wildman–Crippen LogP) is 6.64. The summed E-state index contributed by atoms with van der Waals surface area (Å²) in [4.78, 5) is 4.27. The van der Waals surface area contributed by atoms with Crippen molar-refractivity contribution < 1.29 is 14.3 Å². The van der Waals surface area contributed by atoms with Crippen molar-refractivity contribution in [3.8, 4) is 11.5 Å². The standard InChI is InChI=1S/C21H32ClNO3SSi/c1-13(2)28(14(3)4,15(5)6)26-17-9-18(21(25-7)19(22)10-17)20(24)8-16-11-27-12-23-16/h9-15,20,24H,8H2,1-7H3. The SMILES string of the molecule is COc1c(Cl)cc(O[Si](C(C)C)(C(C)C)C(C)C)cc1C(O)Cc1cscn1. The van der Waals surface area contributed by atoms with Gasteiger partial charge in [-0.1, -0.05) is 53.1 Å². The molecule has 2 rings (SSSR count). The van der Waals surface area contributed by atoms with Crippen molar-refractivity contribution in [2.75, 3.05) is 7.11 Å². The Morgan fingerprint density at radius 1 is 1.11 bits per heavy atom. The molecule has 0 spiro atoms. The third-order valence-electron chi connectivity index (χ3n) is 5.50. The van der Waals surface area contributed by atoms with E-state index in [-0.39, 0.29) is 0 Å². The zero-order valence-corrected chi connectivity index (χ0v) is 20.4. The molecule has 0 bridgehead atoms. The van der Waals surface area contributed by atoms with Crippen molar-refractivity contribution in [3.05, 3.63) is 39.3 Å². The molecule has 1 aromatic carbocycles. The lowest BCUT2D eigenvalue weighted by molar-refractivity contribution is 0.172. The van der Waals surface area contributed by atoms with Gasteiger partial charge in [-0.15, -0.1) is 11.3 Å². The van der Waals surface area contributed by atoms with Crippen LogP contribution in [0.15, 0.2) is 23.0 Å². The molecule has 156 valence electrons. The molecule has 28 heavy (non-hydrogen) atoms. The second-order valence-corrected chi connectivity index (χ2v) is 14.6. The van der Waals surface area contributed by atoms with Crippen LogP contribution in [0, 0.1) is 0 Å². The number of nitrogens with zero attached hydrogens (tertiary/aromatic N) is 1. The Bertz CT molecular complexity index is 743. The Hall–Kier alpha value is -1.08. The summed E-state index contributed by atoms with van der Waals surface area (Å²) in [6.45, 7) is 13.5. The molecule has 0 saturated carbocycles. The van der Waals surface area contributed by atoms with E-state index in [0.717, 1.165) is 5.69 Å². The predicted molar refractivity (Wildman–Crippen MR) is 120 cm³/mol. The van der Waals surface area contributed by atoms with Gasteiger partial charge in [0.25, 0.3) is 8.32 Å². The monoisotopic (exact) mass is 441 g/mol. The maximum Gasteiger partial charge on any atom is 0.258 e. The highest BCUT2D eigenvalue weighted by atomic mass is 35.5. The molecule has 1 aromatic heterocycles. The number of halogens is 1. The summed E-state index contributed by atoms with van der Waals surface area (Å²) in [5, 5.41) is 13.2. The lowest BCUT2D eigenvalue weighted by atomic mass is 10.0. The molecule has 0 radical (unpaired) electrons. The van der Waals surface area contributed by atoms with Crippen LogP contribution in [-0.2, 0) is 6.42 Å². The van der Waals surface area contributed by atoms with Crippen LogP contribution in [0.4, 0.5) is 0 Å². The third kappa shape index (κ3) is 4.73. The minimum absolute atomic E-state index is 0.404. The van der Waals surface area contributed by atoms with Gasteiger partial charge < -0.3 is 14.3 Å². The highest BCUT2D eigenvalue weighted by molar-refractivity contribution is 7.07. The first-order valence-corrected chi connectivity index (χ1v) is 13.2. The average molecular weight is 442 g/mol. The molecule has 1 unspecified atom stereocenters. The highest BCUT2D eigenvalue weighted by Crippen LogP contribution is 2.45. The summed E-state index contributed by atoms with van der Waals surface area (Å²) >= 11 is 8.03. The first kappa shape index (κ1) is 23.2. The Labute approximate surface area is 179 Å². The van der Waals surface area contributed by atoms with Crippen molar-refractivity contribution in [1.82, 2.24) is 4.98 Å². The Kier molecular flexibility index (Phi) is 7.96. The fourth-order valence-electron chi connectivity index (χ4n) is 4.31. The second kappa shape index (κ2) is 9.61. The lowest BCUT2D eigenvalue weighted by Crippen LogP contribution is -2.50. The van der Waals surface area contributed by atoms with Crippen LogP contribution in [0.1, 0.15) is 58.9 Å². The maximum absolute atomic E-state index is 10.9. The van der Waals surface area contributed by atoms with E-state index in [4.69, 9.17) is 20.8 Å². The van der Waals surface area contributed by atoms with Gasteiger partial charge in [0.1, 0.15) is 11.5 Å². The van der Waals surface area contributed by atoms with Crippen LogP contribution in [0.3, 0.4) is 0 Å². The van der Waals surface area contributed by atoms with Crippen molar-refractivity contribution >= 4 is 31.3 Å². The highest BCUT2D eigenvalue weighted by Gasteiger charge is 2.47. The molecule has 0 fully saturated rings. The number of rotatable bonds is 9. The van der Waals surface area contributed by atoms with Gasteiger partial charge in [0, 0.05) is 23.4 Å². The summed E-state index contributed by atoms with van der Waals surface area (Å²) in [5.41, 5.74) is 4.57. The molecular formula is C21H32ClNO3SSi. The molecule has 0 amide bonds. The Morgan fingerprint density at radius 2 is 1.71 bits per heavy atom. The molecule has 4 nitrogen and oxygen atoms in total. The molecule has 0 aliphatic heterocycles. The zero-order valence-electron chi connectivity index (χ0n) is 17.8. The van der Waals surface area contributed by atoms with Gasteiger partial charge in [-0.25, -0.2) is 4.98 Å². The Balaban J connectivity index is 2.46. The molecule has 0 saturated heterocycles. The fraction of sp³-hybridized carbons (Fsp3) is 0.571. The van der Waals surface area contributed by atoms with Crippen LogP contribution in [0.2, 0.25) is 21.6 Å². The van der Waals surface area contributed by atoms with Gasteiger partial charge in [0.15, 0.2) is 0 Å². The summed E-state index contributed by atoms with van der Waals surface area (Å²) < 4.78 is 12.3. The van der Waals surface area contributed by atoms with E-state index in [1.807, 2.05) is 17.5 Å². The molecular weight excluding hydrogens is 410 g/mol. The number of hydrogen-bond acceptors (Lipinski definition) is 5. The van der Waals surface area contributed by atoms with E-state index < -0.39 is 14.4 Å². The van der Waals surface area contributed by atoms with Crippen LogP contribution >= 0.6 is 22.9 Å². The molecule has 7 heteroatoms. The smallest absolute Gasteiger partial charge is 0.258 e. The normalized spacial score (nSPS) is 13.4. The van der Waals surface area contributed by atoms with Crippen molar-refractivity contribution in [2.24, 2.45) is 0 Å². The first-order chi connectivity index (χ1) is 13.1. The van der Waals surface area contributed by atoms with E-state index in [0.29, 0.717) is 45.1 Å². The van der Waals surface area contributed by atoms with Gasteiger partial charge in [-0.05, 0) is 22.7 Å². The summed E-state index contributed by atoms with van der Waals surface area (Å²) in [6.07, 6.45) is -0.368. The van der Waals surface area contributed by atoms with Gasteiger partial charge in [-0.3, -0.25) is 0 Å². The van der Waals surface area contributed by atoms with E-state index >= 15 is 0 Å².